The van der Waals surface area contributed by atoms with Crippen molar-refractivity contribution in [2.75, 3.05) is 0 Å². The van der Waals surface area contributed by atoms with Crippen LogP contribution in [0.3, 0.4) is 0 Å². The van der Waals surface area contributed by atoms with Gasteiger partial charge in [-0.05, 0) is 0 Å². The van der Waals surface area contributed by atoms with Crippen LogP contribution in [0.25, 0.3) is 0 Å². The molecule has 0 radical (unpaired) electrons. The first-order valence-corrected chi connectivity index (χ1v) is 14.8. The Morgan fingerprint density at radius 3 is 1.16 bits per heavy atom. The van der Waals surface area contributed by atoms with Gasteiger partial charge in [0.05, 0.1) is 0 Å². The third kappa shape index (κ3) is 8.03. The number of hydrogen-bond acceptors (Lipinski definition) is 6. The molecular weight excluding hydrogens is 454 g/mol. The Labute approximate surface area is 191 Å². The second kappa shape index (κ2) is 13.0. The zero-order chi connectivity index (χ0) is 21.9. The number of allylic oxidation sites excluding steroid dienone is 3. The molecule has 7 heteroatoms. The van der Waals surface area contributed by atoms with Crippen molar-refractivity contribution in [2.45, 2.75) is 96.3 Å². The molecule has 0 fully saturated rings. The Hall–Kier alpha value is -1.73. The fourth-order valence-electron chi connectivity index (χ4n) is 4.16. The van der Waals surface area contributed by atoms with Gasteiger partial charge in [-0.15, -0.1) is 0 Å². The predicted octanol–water partition coefficient (Wildman–Crippen LogP) is 5.27. The third-order valence-electron chi connectivity index (χ3n) is 6.02. The molecule has 0 aromatic rings. The van der Waals surface area contributed by atoms with Gasteiger partial charge in [-0.1, -0.05) is 0 Å². The Morgan fingerprint density at radius 2 is 0.839 bits per heavy atom. The second-order valence-electron chi connectivity index (χ2n) is 8.49. The first kappa shape index (κ1) is 23.9. The summed E-state index contributed by atoms with van der Waals surface area (Å²) < 4.78 is 16.7. The van der Waals surface area contributed by atoms with Gasteiger partial charge in [0.2, 0.25) is 0 Å². The van der Waals surface area contributed by atoms with Crippen LogP contribution in [0.1, 0.15) is 96.3 Å². The molecule has 0 aromatic heterocycles. The molecule has 0 aliphatic heterocycles. The van der Waals surface area contributed by atoms with Crippen molar-refractivity contribution in [3.8, 4) is 0 Å². The molecule has 0 amide bonds. The topological polar surface area (TPSA) is 78.9 Å². The van der Waals surface area contributed by atoms with E-state index in [1.165, 1.54) is 0 Å². The summed E-state index contributed by atoms with van der Waals surface area (Å²) >= 11 is -3.92. The van der Waals surface area contributed by atoms with Gasteiger partial charge in [-0.25, -0.2) is 0 Å². The van der Waals surface area contributed by atoms with Crippen molar-refractivity contribution in [2.24, 2.45) is 0 Å². The molecule has 168 valence electrons. The summed E-state index contributed by atoms with van der Waals surface area (Å²) in [5.41, 5.74) is 1.80. The van der Waals surface area contributed by atoms with Crippen LogP contribution in [0.5, 0.6) is 0 Å². The van der Waals surface area contributed by atoms with E-state index in [1.807, 2.05) is 18.2 Å². The fourth-order valence-corrected chi connectivity index (χ4v) is 6.52. The van der Waals surface area contributed by atoms with E-state index < -0.39 is 35.2 Å². The van der Waals surface area contributed by atoms with E-state index in [-0.39, 0.29) is 0 Å². The van der Waals surface area contributed by atoms with Crippen LogP contribution in [-0.4, -0.2) is 35.2 Å². The van der Waals surface area contributed by atoms with Crippen LogP contribution in [0.4, 0.5) is 0 Å². The minimum absolute atomic E-state index is 0.503. The molecule has 0 aromatic carbocycles. The number of carbonyl (C=O) groups excluding carboxylic acids is 3. The van der Waals surface area contributed by atoms with Crippen LogP contribution in [0, 0.1) is 0 Å². The SMILES string of the molecule is O=C([O][Ga]([O]C(=O)C1=CCCCCC1)[O]C(=O)C1=CCCCCC1)C1=CCCCCC1. The summed E-state index contributed by atoms with van der Waals surface area (Å²) in [5, 5.41) is 0. The maximum absolute atomic E-state index is 12.7. The minimum atomic E-state index is -3.92. The van der Waals surface area contributed by atoms with E-state index in [1.54, 1.807) is 0 Å². The molecule has 0 N–H and O–H groups in total. The standard InChI is InChI=1S/3C8H12O2.Ga/c3*9-8(10)7-5-3-1-2-4-6-7;/h3*5H,1-4,6H2,(H,9,10);/q;;;+3/p-3. The van der Waals surface area contributed by atoms with Crippen LogP contribution >= 0.6 is 0 Å². The zero-order valence-electron chi connectivity index (χ0n) is 18.4. The van der Waals surface area contributed by atoms with Crippen molar-refractivity contribution >= 4 is 35.2 Å². The first-order valence-electron chi connectivity index (χ1n) is 11.8. The molecule has 0 bridgehead atoms. The van der Waals surface area contributed by atoms with E-state index in [9.17, 15) is 14.4 Å². The average Bonchev–Trinajstić information content (AvgIpc) is 3.29. The van der Waals surface area contributed by atoms with Crippen LogP contribution < -0.4 is 0 Å². The molecule has 0 spiro atoms. The number of rotatable bonds is 6. The zero-order valence-corrected chi connectivity index (χ0v) is 20.8. The first-order chi connectivity index (χ1) is 15.1. The molecule has 6 nitrogen and oxygen atoms in total. The van der Waals surface area contributed by atoms with E-state index in [0.29, 0.717) is 36.0 Å². The predicted molar refractivity (Wildman–Crippen MR) is 118 cm³/mol. The molecule has 3 aliphatic carbocycles. The van der Waals surface area contributed by atoms with Gasteiger partial charge in [0.25, 0.3) is 0 Å². The quantitative estimate of drug-likeness (QED) is 0.475. The van der Waals surface area contributed by atoms with Crippen LogP contribution in [0.15, 0.2) is 34.9 Å². The van der Waals surface area contributed by atoms with Gasteiger partial charge in [0.15, 0.2) is 0 Å². The van der Waals surface area contributed by atoms with Gasteiger partial charge >= 0.3 is 191 Å². The summed E-state index contributed by atoms with van der Waals surface area (Å²) in [6.45, 7) is 0. The Bertz CT molecular complexity index is 651. The molecule has 31 heavy (non-hydrogen) atoms. The maximum atomic E-state index is 12.7. The molecule has 3 rings (SSSR count). The monoisotopic (exact) mass is 486 g/mol. The summed E-state index contributed by atoms with van der Waals surface area (Å²) in [7, 11) is 0. The second-order valence-corrected chi connectivity index (χ2v) is 11.2. The summed E-state index contributed by atoms with van der Waals surface area (Å²) in [6, 6.07) is 0. The van der Waals surface area contributed by atoms with Crippen LogP contribution in [-0.2, 0) is 25.0 Å². The number of carbonyl (C=O) groups is 3. The molecule has 0 atom stereocenters. The van der Waals surface area contributed by atoms with Crippen LogP contribution in [0.2, 0.25) is 0 Å². The van der Waals surface area contributed by atoms with E-state index in [2.05, 4.69) is 0 Å². The summed E-state index contributed by atoms with van der Waals surface area (Å²) in [6.07, 6.45) is 19.3. The fraction of sp³-hybridized carbons (Fsp3) is 0.625. The molecular formula is C24H33GaO6. The Balaban J connectivity index is 1.69. The van der Waals surface area contributed by atoms with E-state index >= 15 is 0 Å². The van der Waals surface area contributed by atoms with Crippen molar-refractivity contribution in [3.05, 3.63) is 34.9 Å². The summed E-state index contributed by atoms with van der Waals surface area (Å²) in [4.78, 5) is 38.2. The van der Waals surface area contributed by atoms with Gasteiger partial charge < -0.3 is 0 Å². The van der Waals surface area contributed by atoms with Gasteiger partial charge in [0, 0.05) is 0 Å². The Morgan fingerprint density at radius 1 is 0.516 bits per heavy atom. The number of hydrogen-bond donors (Lipinski definition) is 0. The van der Waals surface area contributed by atoms with Crippen molar-refractivity contribution in [3.63, 3.8) is 0 Å². The summed E-state index contributed by atoms with van der Waals surface area (Å²) in [5.74, 6) is -1.51. The van der Waals surface area contributed by atoms with Gasteiger partial charge in [0.1, 0.15) is 0 Å². The van der Waals surface area contributed by atoms with Crippen molar-refractivity contribution in [1.29, 1.82) is 0 Å². The molecule has 0 heterocycles. The normalized spacial score (nSPS) is 19.9. The van der Waals surface area contributed by atoms with Crippen molar-refractivity contribution in [1.82, 2.24) is 0 Å². The average molecular weight is 487 g/mol. The third-order valence-corrected chi connectivity index (χ3v) is 8.58. The molecule has 0 saturated carbocycles. The molecule has 0 unspecified atom stereocenters. The van der Waals surface area contributed by atoms with Crippen molar-refractivity contribution < 1.29 is 25.0 Å². The van der Waals surface area contributed by atoms with Gasteiger partial charge in [-0.3, -0.25) is 0 Å². The van der Waals surface area contributed by atoms with E-state index in [0.717, 1.165) is 77.0 Å². The molecule has 3 aliphatic rings. The van der Waals surface area contributed by atoms with Gasteiger partial charge in [-0.2, -0.15) is 0 Å². The van der Waals surface area contributed by atoms with E-state index in [4.69, 9.17) is 10.6 Å². The molecule has 0 saturated heterocycles. The Kier molecular flexibility index (Phi) is 10.0.